The second-order valence-electron chi connectivity index (χ2n) is 5.53. The number of nitrogens with zero attached hydrogens (tertiary/aromatic N) is 1. The van der Waals surface area contributed by atoms with Crippen molar-refractivity contribution < 1.29 is 18.0 Å². The summed E-state index contributed by atoms with van der Waals surface area (Å²) in [4.78, 5) is 13.3. The first-order valence-electron chi connectivity index (χ1n) is 7.46. The van der Waals surface area contributed by atoms with Gasteiger partial charge in [0.1, 0.15) is 6.54 Å². The van der Waals surface area contributed by atoms with Gasteiger partial charge in [-0.1, -0.05) is 26.7 Å². The van der Waals surface area contributed by atoms with Crippen LogP contribution >= 0.6 is 0 Å². The van der Waals surface area contributed by atoms with Gasteiger partial charge in [-0.05, 0) is 31.7 Å². The van der Waals surface area contributed by atoms with Gasteiger partial charge in [0.05, 0.1) is 6.04 Å². The van der Waals surface area contributed by atoms with E-state index in [1.807, 2.05) is 6.92 Å². The van der Waals surface area contributed by atoms with Crippen molar-refractivity contribution in [3.05, 3.63) is 0 Å². The SMILES string of the molecule is CCCCN(CC(F)(F)F)C(=O)C1CC(CC)CCN1. The minimum Gasteiger partial charge on any atom is -0.332 e. The molecule has 0 bridgehead atoms. The molecule has 0 aromatic carbocycles. The predicted molar refractivity (Wildman–Crippen MR) is 72.3 cm³/mol. The minimum absolute atomic E-state index is 0.184. The number of hydrogen-bond donors (Lipinski definition) is 1. The Morgan fingerprint density at radius 2 is 2.05 bits per heavy atom. The molecular formula is C14H25F3N2O. The van der Waals surface area contributed by atoms with Crippen LogP contribution in [0.2, 0.25) is 0 Å². The number of alkyl halides is 3. The van der Waals surface area contributed by atoms with Crippen molar-refractivity contribution in [2.75, 3.05) is 19.6 Å². The lowest BCUT2D eigenvalue weighted by Gasteiger charge is -2.33. The first-order valence-corrected chi connectivity index (χ1v) is 7.46. The first-order chi connectivity index (χ1) is 9.37. The third-order valence-electron chi connectivity index (χ3n) is 3.85. The van der Waals surface area contributed by atoms with Crippen molar-refractivity contribution in [3.8, 4) is 0 Å². The zero-order valence-corrected chi connectivity index (χ0v) is 12.3. The van der Waals surface area contributed by atoms with Gasteiger partial charge in [0.2, 0.25) is 5.91 Å². The number of amides is 1. The van der Waals surface area contributed by atoms with Crippen LogP contribution in [0.25, 0.3) is 0 Å². The Bertz CT molecular complexity index is 307. The lowest BCUT2D eigenvalue weighted by Crippen LogP contribution is -2.52. The Balaban J connectivity index is 2.65. The molecule has 2 atom stereocenters. The summed E-state index contributed by atoms with van der Waals surface area (Å²) in [6.45, 7) is 3.72. The number of hydrogen-bond acceptors (Lipinski definition) is 2. The molecule has 0 aromatic heterocycles. The van der Waals surface area contributed by atoms with E-state index >= 15 is 0 Å². The highest BCUT2D eigenvalue weighted by atomic mass is 19.4. The van der Waals surface area contributed by atoms with Crippen molar-refractivity contribution in [1.82, 2.24) is 10.2 Å². The highest BCUT2D eigenvalue weighted by Crippen LogP contribution is 2.22. The van der Waals surface area contributed by atoms with E-state index in [9.17, 15) is 18.0 Å². The molecule has 1 N–H and O–H groups in total. The maximum atomic E-state index is 12.6. The van der Waals surface area contributed by atoms with Crippen LogP contribution in [0.3, 0.4) is 0 Å². The zero-order chi connectivity index (χ0) is 15.2. The summed E-state index contributed by atoms with van der Waals surface area (Å²) >= 11 is 0. The van der Waals surface area contributed by atoms with E-state index in [1.54, 1.807) is 0 Å². The molecule has 0 radical (unpaired) electrons. The summed E-state index contributed by atoms with van der Waals surface area (Å²) in [7, 11) is 0. The third-order valence-corrected chi connectivity index (χ3v) is 3.85. The number of carbonyl (C=O) groups excluding carboxylic acids is 1. The number of piperidine rings is 1. The van der Waals surface area contributed by atoms with Gasteiger partial charge in [0.15, 0.2) is 0 Å². The van der Waals surface area contributed by atoms with Gasteiger partial charge >= 0.3 is 6.18 Å². The van der Waals surface area contributed by atoms with Crippen LogP contribution in [0.5, 0.6) is 0 Å². The molecule has 2 unspecified atom stereocenters. The molecule has 0 spiro atoms. The van der Waals surface area contributed by atoms with Crippen LogP contribution in [0.4, 0.5) is 13.2 Å². The number of carbonyl (C=O) groups is 1. The van der Waals surface area contributed by atoms with E-state index in [0.29, 0.717) is 25.3 Å². The number of rotatable bonds is 6. The lowest BCUT2D eigenvalue weighted by atomic mass is 9.90. The quantitative estimate of drug-likeness (QED) is 0.817. The summed E-state index contributed by atoms with van der Waals surface area (Å²) in [6, 6.07) is -0.451. The number of unbranched alkanes of at least 4 members (excludes halogenated alkanes) is 1. The average Bonchev–Trinajstić information content (AvgIpc) is 2.41. The van der Waals surface area contributed by atoms with Crippen molar-refractivity contribution in [2.24, 2.45) is 5.92 Å². The molecule has 0 aliphatic carbocycles. The molecule has 3 nitrogen and oxygen atoms in total. The molecule has 0 saturated carbocycles. The van der Waals surface area contributed by atoms with Crippen molar-refractivity contribution in [1.29, 1.82) is 0 Å². The molecule has 1 fully saturated rings. The van der Waals surface area contributed by atoms with E-state index in [0.717, 1.165) is 24.2 Å². The Hall–Kier alpha value is -0.780. The fraction of sp³-hybridized carbons (Fsp3) is 0.929. The van der Waals surface area contributed by atoms with Crippen molar-refractivity contribution in [2.45, 2.75) is 58.2 Å². The molecule has 1 aliphatic rings. The van der Waals surface area contributed by atoms with E-state index < -0.39 is 24.7 Å². The highest BCUT2D eigenvalue weighted by Gasteiger charge is 2.36. The molecule has 0 aromatic rings. The first kappa shape index (κ1) is 17.3. The topological polar surface area (TPSA) is 32.3 Å². The summed E-state index contributed by atoms with van der Waals surface area (Å²) < 4.78 is 37.8. The van der Waals surface area contributed by atoms with Gasteiger partial charge in [0, 0.05) is 6.54 Å². The van der Waals surface area contributed by atoms with Crippen molar-refractivity contribution >= 4 is 5.91 Å². The molecule has 6 heteroatoms. The van der Waals surface area contributed by atoms with Gasteiger partial charge in [-0.2, -0.15) is 13.2 Å². The van der Waals surface area contributed by atoms with Gasteiger partial charge in [-0.15, -0.1) is 0 Å². The van der Waals surface area contributed by atoms with Crippen LogP contribution in [0.15, 0.2) is 0 Å². The van der Waals surface area contributed by atoms with E-state index in [2.05, 4.69) is 12.2 Å². The summed E-state index contributed by atoms with van der Waals surface area (Å²) in [6.07, 6.45) is -0.338. The predicted octanol–water partition coefficient (Wildman–Crippen LogP) is 2.96. The molecule has 118 valence electrons. The minimum atomic E-state index is -4.33. The van der Waals surface area contributed by atoms with Crippen LogP contribution < -0.4 is 5.32 Å². The normalized spacial score (nSPS) is 23.6. The molecule has 20 heavy (non-hydrogen) atoms. The summed E-state index contributed by atoms with van der Waals surface area (Å²) in [5.74, 6) is 0.0398. The highest BCUT2D eigenvalue weighted by molar-refractivity contribution is 5.82. The Morgan fingerprint density at radius 3 is 2.60 bits per heavy atom. The monoisotopic (exact) mass is 294 g/mol. The fourth-order valence-electron chi connectivity index (χ4n) is 2.61. The van der Waals surface area contributed by atoms with Crippen LogP contribution in [-0.2, 0) is 4.79 Å². The fourth-order valence-corrected chi connectivity index (χ4v) is 2.61. The van der Waals surface area contributed by atoms with Crippen LogP contribution in [-0.4, -0.2) is 42.7 Å². The molecule has 1 saturated heterocycles. The van der Waals surface area contributed by atoms with Crippen LogP contribution in [0.1, 0.15) is 46.0 Å². The standard InChI is InChI=1S/C14H25F3N2O/c1-3-5-8-19(10-14(15,16)17)13(20)12-9-11(4-2)6-7-18-12/h11-12,18H,3-10H2,1-2H3. The molecule has 1 rings (SSSR count). The van der Waals surface area contributed by atoms with Crippen molar-refractivity contribution in [3.63, 3.8) is 0 Å². The Labute approximate surface area is 118 Å². The van der Waals surface area contributed by atoms with Gasteiger partial charge in [0.25, 0.3) is 0 Å². The van der Waals surface area contributed by atoms with Crippen LogP contribution in [0, 0.1) is 5.92 Å². The maximum Gasteiger partial charge on any atom is 0.406 e. The summed E-state index contributed by atoms with van der Waals surface area (Å²) in [5, 5.41) is 3.07. The second kappa shape index (κ2) is 7.86. The number of nitrogens with one attached hydrogen (secondary N) is 1. The lowest BCUT2D eigenvalue weighted by molar-refractivity contribution is -0.163. The van der Waals surface area contributed by atoms with Gasteiger partial charge in [-0.25, -0.2) is 0 Å². The zero-order valence-electron chi connectivity index (χ0n) is 12.3. The molecule has 1 heterocycles. The van der Waals surface area contributed by atoms with E-state index in [1.165, 1.54) is 0 Å². The van der Waals surface area contributed by atoms with E-state index in [-0.39, 0.29) is 6.54 Å². The average molecular weight is 294 g/mol. The molecular weight excluding hydrogens is 269 g/mol. The summed E-state index contributed by atoms with van der Waals surface area (Å²) in [5.41, 5.74) is 0. The van der Waals surface area contributed by atoms with Gasteiger partial charge in [-0.3, -0.25) is 4.79 Å². The van der Waals surface area contributed by atoms with Gasteiger partial charge < -0.3 is 10.2 Å². The molecule has 1 amide bonds. The Kier molecular flexibility index (Phi) is 6.79. The largest absolute Gasteiger partial charge is 0.406 e. The Morgan fingerprint density at radius 1 is 1.35 bits per heavy atom. The smallest absolute Gasteiger partial charge is 0.332 e. The maximum absolute atomic E-state index is 12.6. The third kappa shape index (κ3) is 5.69. The van der Waals surface area contributed by atoms with E-state index in [4.69, 9.17) is 0 Å². The molecule has 1 aliphatic heterocycles. The second-order valence-corrected chi connectivity index (χ2v) is 5.53. The number of halogens is 3.